The molecule has 0 radical (unpaired) electrons. The van der Waals surface area contributed by atoms with Crippen molar-refractivity contribution in [3.63, 3.8) is 0 Å². The molecule has 1 aromatic carbocycles. The Hall–Kier alpha value is -0.830. The molecule has 0 aliphatic heterocycles. The van der Waals surface area contributed by atoms with Crippen LogP contribution in [-0.4, -0.2) is 5.91 Å². The van der Waals surface area contributed by atoms with Crippen molar-refractivity contribution in [2.45, 2.75) is 6.42 Å². The second-order valence-electron chi connectivity index (χ2n) is 2.73. The lowest BCUT2D eigenvalue weighted by Crippen LogP contribution is -2.11. The molecule has 0 spiro atoms. The average Bonchev–Trinajstić information content (AvgIpc) is 2.23. The number of nitrogens with zero attached hydrogens (tertiary/aromatic N) is 1. The number of hydrogen-bond acceptors (Lipinski definition) is 2. The SMILES string of the molecule is N#CCC(=O)Nc1cc(Cl)c(F)c(Cl)c1Br. The molecule has 7 heteroatoms. The topological polar surface area (TPSA) is 52.9 Å². The van der Waals surface area contributed by atoms with Crippen LogP contribution in [0.15, 0.2) is 10.5 Å². The maximum atomic E-state index is 13.2. The third-order valence-corrected chi connectivity index (χ3v) is 3.30. The van der Waals surface area contributed by atoms with Gasteiger partial charge in [0.15, 0.2) is 5.82 Å². The van der Waals surface area contributed by atoms with Crippen molar-refractivity contribution in [3.8, 4) is 6.07 Å². The van der Waals surface area contributed by atoms with Crippen LogP contribution in [-0.2, 0) is 4.79 Å². The van der Waals surface area contributed by atoms with Gasteiger partial charge in [0, 0.05) is 0 Å². The van der Waals surface area contributed by atoms with Gasteiger partial charge in [-0.05, 0) is 22.0 Å². The highest BCUT2D eigenvalue weighted by molar-refractivity contribution is 9.10. The van der Waals surface area contributed by atoms with Crippen molar-refractivity contribution in [2.24, 2.45) is 0 Å². The normalized spacial score (nSPS) is 9.69. The van der Waals surface area contributed by atoms with Crippen molar-refractivity contribution >= 4 is 50.7 Å². The van der Waals surface area contributed by atoms with Gasteiger partial charge < -0.3 is 5.32 Å². The number of halogens is 4. The van der Waals surface area contributed by atoms with Crippen LogP contribution in [0.25, 0.3) is 0 Å². The second-order valence-corrected chi connectivity index (χ2v) is 4.31. The Morgan fingerprint density at radius 1 is 1.62 bits per heavy atom. The van der Waals surface area contributed by atoms with Gasteiger partial charge in [0.1, 0.15) is 6.42 Å². The van der Waals surface area contributed by atoms with E-state index in [1.807, 2.05) is 0 Å². The molecule has 0 aliphatic rings. The summed E-state index contributed by atoms with van der Waals surface area (Å²) in [5.41, 5.74) is 0.219. The molecule has 0 aromatic heterocycles. The molecule has 0 fully saturated rings. The summed E-state index contributed by atoms with van der Waals surface area (Å²) in [5.74, 6) is -1.30. The zero-order valence-electron chi connectivity index (χ0n) is 7.65. The highest BCUT2D eigenvalue weighted by Gasteiger charge is 2.15. The molecule has 0 bridgehead atoms. The molecule has 1 aromatic rings. The lowest BCUT2D eigenvalue weighted by Gasteiger charge is -2.09. The quantitative estimate of drug-likeness (QED) is 0.665. The highest BCUT2D eigenvalue weighted by atomic mass is 79.9. The Bertz CT molecular complexity index is 487. The molecule has 0 unspecified atom stereocenters. The van der Waals surface area contributed by atoms with Crippen molar-refractivity contribution in [1.29, 1.82) is 5.26 Å². The van der Waals surface area contributed by atoms with E-state index in [2.05, 4.69) is 21.2 Å². The van der Waals surface area contributed by atoms with Crippen LogP contribution >= 0.6 is 39.1 Å². The Morgan fingerprint density at radius 2 is 2.25 bits per heavy atom. The first-order valence-electron chi connectivity index (χ1n) is 3.97. The summed E-state index contributed by atoms with van der Waals surface area (Å²) in [7, 11) is 0. The summed E-state index contributed by atoms with van der Waals surface area (Å²) in [5, 5.41) is 10.2. The largest absolute Gasteiger partial charge is 0.324 e. The first-order chi connectivity index (χ1) is 7.47. The molecule has 1 N–H and O–H groups in total. The molecule has 0 atom stereocenters. The number of nitriles is 1. The zero-order valence-corrected chi connectivity index (χ0v) is 10.7. The van der Waals surface area contributed by atoms with Crippen LogP contribution in [0.3, 0.4) is 0 Å². The molecule has 0 aliphatic carbocycles. The van der Waals surface area contributed by atoms with E-state index in [1.165, 1.54) is 6.07 Å². The summed E-state index contributed by atoms with van der Waals surface area (Å²) in [6, 6.07) is 2.89. The van der Waals surface area contributed by atoms with Gasteiger partial charge in [-0.2, -0.15) is 5.26 Å². The van der Waals surface area contributed by atoms with Crippen LogP contribution in [0.5, 0.6) is 0 Å². The van der Waals surface area contributed by atoms with Gasteiger partial charge in [0.25, 0.3) is 0 Å². The molecular weight excluding hydrogens is 322 g/mol. The summed E-state index contributed by atoms with van der Waals surface area (Å²) in [6.45, 7) is 0. The molecule has 0 saturated heterocycles. The fourth-order valence-corrected chi connectivity index (χ4v) is 1.77. The summed E-state index contributed by atoms with van der Waals surface area (Å²) >= 11 is 14.2. The Morgan fingerprint density at radius 3 is 2.81 bits per heavy atom. The molecule has 16 heavy (non-hydrogen) atoms. The van der Waals surface area contributed by atoms with Crippen LogP contribution in [0, 0.1) is 17.1 Å². The van der Waals surface area contributed by atoms with Crippen LogP contribution in [0.2, 0.25) is 10.0 Å². The van der Waals surface area contributed by atoms with Gasteiger partial charge in [-0.25, -0.2) is 4.39 Å². The van der Waals surface area contributed by atoms with E-state index in [0.717, 1.165) is 0 Å². The monoisotopic (exact) mass is 324 g/mol. The first-order valence-corrected chi connectivity index (χ1v) is 5.52. The van der Waals surface area contributed by atoms with Gasteiger partial charge >= 0.3 is 0 Å². The standard InChI is InChI=1S/C9H4BrCl2FN2O/c10-7-5(15-6(16)1-2-14)3-4(11)9(13)8(7)12/h3H,1H2,(H,15,16). The molecular formula is C9H4BrCl2FN2O. The Balaban J connectivity index is 3.07. The number of nitrogens with one attached hydrogen (secondary N) is 1. The van der Waals surface area contributed by atoms with Crippen molar-refractivity contribution < 1.29 is 9.18 Å². The fourth-order valence-electron chi connectivity index (χ4n) is 0.930. The van der Waals surface area contributed by atoms with E-state index in [-0.39, 0.29) is 26.6 Å². The van der Waals surface area contributed by atoms with Gasteiger partial charge in [-0.3, -0.25) is 4.79 Å². The molecule has 0 saturated carbocycles. The number of hydrogen-bond donors (Lipinski definition) is 1. The third kappa shape index (κ3) is 2.85. The molecule has 1 amide bonds. The Labute approximate surface area is 109 Å². The lowest BCUT2D eigenvalue weighted by atomic mass is 10.3. The minimum absolute atomic E-state index is 0.183. The first kappa shape index (κ1) is 13.2. The predicted molar refractivity (Wildman–Crippen MR) is 63.0 cm³/mol. The van der Waals surface area contributed by atoms with E-state index in [9.17, 15) is 9.18 Å². The third-order valence-electron chi connectivity index (χ3n) is 1.62. The smallest absolute Gasteiger partial charge is 0.238 e. The number of carbonyl (C=O) groups excluding carboxylic acids is 1. The molecule has 84 valence electrons. The highest BCUT2D eigenvalue weighted by Crippen LogP contribution is 2.36. The number of carbonyl (C=O) groups is 1. The van der Waals surface area contributed by atoms with Crippen molar-refractivity contribution in [3.05, 3.63) is 26.4 Å². The second kappa shape index (κ2) is 5.48. The number of benzene rings is 1. The molecule has 1 rings (SSSR count). The van der Waals surface area contributed by atoms with E-state index in [4.69, 9.17) is 28.5 Å². The van der Waals surface area contributed by atoms with Gasteiger partial charge in [-0.1, -0.05) is 23.2 Å². The number of anilines is 1. The summed E-state index contributed by atoms with van der Waals surface area (Å²) < 4.78 is 13.4. The fraction of sp³-hybridized carbons (Fsp3) is 0.111. The zero-order chi connectivity index (χ0) is 12.3. The van der Waals surface area contributed by atoms with Crippen LogP contribution in [0.1, 0.15) is 6.42 Å². The van der Waals surface area contributed by atoms with Gasteiger partial charge in [0.05, 0.1) is 26.3 Å². The molecule has 3 nitrogen and oxygen atoms in total. The van der Waals surface area contributed by atoms with Crippen molar-refractivity contribution in [2.75, 3.05) is 5.32 Å². The summed E-state index contributed by atoms with van der Waals surface area (Å²) in [4.78, 5) is 11.1. The maximum absolute atomic E-state index is 13.2. The average molecular weight is 326 g/mol. The van der Waals surface area contributed by atoms with E-state index in [1.54, 1.807) is 6.07 Å². The van der Waals surface area contributed by atoms with Gasteiger partial charge in [0.2, 0.25) is 5.91 Å². The maximum Gasteiger partial charge on any atom is 0.238 e. The van der Waals surface area contributed by atoms with Gasteiger partial charge in [-0.15, -0.1) is 0 Å². The van der Waals surface area contributed by atoms with Crippen LogP contribution < -0.4 is 5.32 Å². The molecule has 0 heterocycles. The Kier molecular flexibility index (Phi) is 4.54. The van der Waals surface area contributed by atoms with E-state index in [0.29, 0.717) is 0 Å². The van der Waals surface area contributed by atoms with Crippen molar-refractivity contribution in [1.82, 2.24) is 0 Å². The minimum atomic E-state index is -0.770. The van der Waals surface area contributed by atoms with Crippen LogP contribution in [0.4, 0.5) is 10.1 Å². The lowest BCUT2D eigenvalue weighted by molar-refractivity contribution is -0.115. The number of rotatable bonds is 2. The van der Waals surface area contributed by atoms with E-state index >= 15 is 0 Å². The van der Waals surface area contributed by atoms with E-state index < -0.39 is 11.7 Å². The number of amides is 1. The minimum Gasteiger partial charge on any atom is -0.324 e. The summed E-state index contributed by atoms with van der Waals surface area (Å²) in [6.07, 6.45) is -0.306. The predicted octanol–water partition coefficient (Wildman–Crippen LogP) is 3.75.